The Balaban J connectivity index is 1.89. The van der Waals surface area contributed by atoms with Crippen LogP contribution in [-0.4, -0.2) is 24.6 Å². The smallest absolute Gasteiger partial charge is 0.312 e. The number of halogens is 1. The van der Waals surface area contributed by atoms with E-state index in [-0.39, 0.29) is 11.6 Å². The van der Waals surface area contributed by atoms with Gasteiger partial charge in [0.1, 0.15) is 0 Å². The summed E-state index contributed by atoms with van der Waals surface area (Å²) in [6, 6.07) is 14.3. The first kappa shape index (κ1) is 14.7. The molecule has 0 spiro atoms. The molecule has 110 valence electrons. The lowest BCUT2D eigenvalue weighted by Gasteiger charge is -2.07. The Hall–Kier alpha value is -2.22. The van der Waals surface area contributed by atoms with E-state index in [9.17, 15) is 9.59 Å². The first-order valence-corrected chi connectivity index (χ1v) is 7.59. The van der Waals surface area contributed by atoms with Gasteiger partial charge in [-0.05, 0) is 40.8 Å². The van der Waals surface area contributed by atoms with Crippen LogP contribution in [0, 0.1) is 3.57 Å². The highest BCUT2D eigenvalue weighted by Gasteiger charge is 2.32. The summed E-state index contributed by atoms with van der Waals surface area (Å²) in [4.78, 5) is 30.7. The van der Waals surface area contributed by atoms with Crippen molar-refractivity contribution in [2.75, 3.05) is 11.9 Å². The van der Waals surface area contributed by atoms with Crippen LogP contribution >= 0.6 is 22.6 Å². The zero-order valence-electron chi connectivity index (χ0n) is 11.6. The molecule has 0 aliphatic carbocycles. The van der Waals surface area contributed by atoms with Gasteiger partial charge in [-0.3, -0.25) is 4.79 Å². The average Bonchev–Trinajstić information content (AvgIpc) is 2.77. The molecule has 3 rings (SSSR count). The molecule has 1 amide bonds. The van der Waals surface area contributed by atoms with Gasteiger partial charge in [0.25, 0.3) is 5.91 Å². The van der Waals surface area contributed by atoms with Gasteiger partial charge in [0.2, 0.25) is 0 Å². The number of carbonyl (C=O) groups is 2. The second-order valence-corrected chi connectivity index (χ2v) is 5.84. The lowest BCUT2D eigenvalue weighted by Crippen LogP contribution is -2.26. The van der Waals surface area contributed by atoms with Crippen molar-refractivity contribution in [3.63, 3.8) is 0 Å². The standard InChI is InChI=1S/C16H11IN2O3/c1-19-13-9-5-3-7-11(13)14(15(19)20)18-22-16(21)10-6-2-4-8-12(10)17/h2-9H,1H3. The van der Waals surface area contributed by atoms with Crippen molar-refractivity contribution in [3.05, 3.63) is 63.2 Å². The summed E-state index contributed by atoms with van der Waals surface area (Å²) in [6.45, 7) is 0. The van der Waals surface area contributed by atoms with Crippen molar-refractivity contribution in [1.29, 1.82) is 0 Å². The SMILES string of the molecule is CN1C(=O)C(=NOC(=O)c2ccccc2I)c2ccccc21. The highest BCUT2D eigenvalue weighted by atomic mass is 127. The van der Waals surface area contributed by atoms with Gasteiger partial charge in [-0.2, -0.15) is 0 Å². The Morgan fingerprint density at radius 2 is 1.82 bits per heavy atom. The number of nitrogens with zero attached hydrogens (tertiary/aromatic N) is 2. The predicted molar refractivity (Wildman–Crippen MR) is 91.0 cm³/mol. The largest absolute Gasteiger partial charge is 0.366 e. The lowest BCUT2D eigenvalue weighted by atomic mass is 10.1. The molecule has 0 saturated heterocycles. The molecule has 0 radical (unpaired) electrons. The monoisotopic (exact) mass is 406 g/mol. The fraction of sp³-hybridized carbons (Fsp3) is 0.0625. The van der Waals surface area contributed by atoms with E-state index in [1.165, 1.54) is 4.90 Å². The lowest BCUT2D eigenvalue weighted by molar-refractivity contribution is -0.112. The van der Waals surface area contributed by atoms with E-state index in [1.54, 1.807) is 31.3 Å². The average molecular weight is 406 g/mol. The summed E-state index contributed by atoms with van der Waals surface area (Å²) < 4.78 is 0.764. The highest BCUT2D eigenvalue weighted by Crippen LogP contribution is 2.27. The number of para-hydroxylation sites is 1. The second kappa shape index (κ2) is 5.88. The Morgan fingerprint density at radius 3 is 2.59 bits per heavy atom. The number of carbonyl (C=O) groups excluding carboxylic acids is 2. The third-order valence-corrected chi connectivity index (χ3v) is 4.28. The van der Waals surface area contributed by atoms with Crippen LogP contribution in [0.5, 0.6) is 0 Å². The van der Waals surface area contributed by atoms with Crippen LogP contribution in [0.2, 0.25) is 0 Å². The van der Waals surface area contributed by atoms with Crippen molar-refractivity contribution < 1.29 is 14.4 Å². The zero-order chi connectivity index (χ0) is 15.7. The maximum atomic E-state index is 12.2. The van der Waals surface area contributed by atoms with E-state index >= 15 is 0 Å². The molecule has 2 aromatic rings. The van der Waals surface area contributed by atoms with E-state index in [0.29, 0.717) is 11.1 Å². The van der Waals surface area contributed by atoms with Crippen molar-refractivity contribution in [2.24, 2.45) is 5.16 Å². The first-order valence-electron chi connectivity index (χ1n) is 6.51. The molecule has 1 aliphatic rings. The van der Waals surface area contributed by atoms with Crippen LogP contribution < -0.4 is 4.90 Å². The number of oxime groups is 1. The molecule has 2 aromatic carbocycles. The number of hydrogen-bond acceptors (Lipinski definition) is 4. The Bertz CT molecular complexity index is 801. The molecule has 5 nitrogen and oxygen atoms in total. The van der Waals surface area contributed by atoms with Gasteiger partial charge in [0, 0.05) is 16.2 Å². The van der Waals surface area contributed by atoms with Crippen LogP contribution in [-0.2, 0) is 9.63 Å². The van der Waals surface area contributed by atoms with Gasteiger partial charge in [0.15, 0.2) is 5.71 Å². The highest BCUT2D eigenvalue weighted by molar-refractivity contribution is 14.1. The third-order valence-electron chi connectivity index (χ3n) is 3.34. The van der Waals surface area contributed by atoms with E-state index in [2.05, 4.69) is 5.16 Å². The number of hydrogen-bond donors (Lipinski definition) is 0. The third kappa shape index (κ3) is 2.50. The number of likely N-dealkylation sites (N-methyl/N-ethyl adjacent to an activating group) is 1. The molecule has 0 saturated carbocycles. The summed E-state index contributed by atoms with van der Waals surface area (Å²) in [5.74, 6) is -0.880. The maximum absolute atomic E-state index is 12.2. The number of rotatable bonds is 2. The molecule has 1 heterocycles. The quantitative estimate of drug-likeness (QED) is 0.438. The summed E-state index contributed by atoms with van der Waals surface area (Å²) in [5, 5.41) is 3.79. The molecule has 0 N–H and O–H groups in total. The Labute approximate surface area is 140 Å². The molecule has 0 atom stereocenters. The van der Waals surface area contributed by atoms with Gasteiger partial charge in [-0.1, -0.05) is 35.5 Å². The van der Waals surface area contributed by atoms with Gasteiger partial charge in [0.05, 0.1) is 11.3 Å². The van der Waals surface area contributed by atoms with Crippen molar-refractivity contribution in [2.45, 2.75) is 0 Å². The van der Waals surface area contributed by atoms with Crippen LogP contribution in [0.25, 0.3) is 0 Å². The van der Waals surface area contributed by atoms with Crippen LogP contribution in [0.1, 0.15) is 15.9 Å². The first-order chi connectivity index (χ1) is 10.6. The Kier molecular flexibility index (Phi) is 3.93. The molecule has 22 heavy (non-hydrogen) atoms. The normalized spacial score (nSPS) is 15.1. The molecular formula is C16H11IN2O3. The van der Waals surface area contributed by atoms with E-state index in [0.717, 1.165) is 9.26 Å². The predicted octanol–water partition coefficient (Wildman–Crippen LogP) is 2.83. The molecule has 0 fully saturated rings. The summed E-state index contributed by atoms with van der Waals surface area (Å²) in [7, 11) is 1.66. The van der Waals surface area contributed by atoms with Gasteiger partial charge < -0.3 is 9.74 Å². The summed E-state index contributed by atoms with van der Waals surface area (Å²) in [6.07, 6.45) is 0. The van der Waals surface area contributed by atoms with Crippen LogP contribution in [0.3, 0.4) is 0 Å². The second-order valence-electron chi connectivity index (χ2n) is 4.68. The number of amides is 1. The van der Waals surface area contributed by atoms with E-state index in [1.807, 2.05) is 46.9 Å². The van der Waals surface area contributed by atoms with Gasteiger partial charge in [-0.15, -0.1) is 0 Å². The molecule has 6 heteroatoms. The van der Waals surface area contributed by atoms with Crippen LogP contribution in [0.4, 0.5) is 5.69 Å². The molecule has 1 aliphatic heterocycles. The van der Waals surface area contributed by atoms with Crippen molar-refractivity contribution in [3.8, 4) is 0 Å². The molecule has 0 aromatic heterocycles. The van der Waals surface area contributed by atoms with Crippen molar-refractivity contribution in [1.82, 2.24) is 0 Å². The minimum absolute atomic E-state index is 0.136. The van der Waals surface area contributed by atoms with E-state index in [4.69, 9.17) is 4.84 Å². The summed E-state index contributed by atoms with van der Waals surface area (Å²) in [5.41, 5.74) is 1.96. The van der Waals surface area contributed by atoms with Crippen molar-refractivity contribution >= 4 is 45.9 Å². The van der Waals surface area contributed by atoms with Gasteiger partial charge in [-0.25, -0.2) is 4.79 Å². The van der Waals surface area contributed by atoms with Crippen LogP contribution in [0.15, 0.2) is 53.7 Å². The molecule has 0 unspecified atom stereocenters. The molecular weight excluding hydrogens is 395 g/mol. The van der Waals surface area contributed by atoms with E-state index < -0.39 is 5.97 Å². The number of fused-ring (bicyclic) bond motifs is 1. The topological polar surface area (TPSA) is 59.0 Å². The minimum Gasteiger partial charge on any atom is -0.312 e. The Morgan fingerprint density at radius 1 is 1.14 bits per heavy atom. The summed E-state index contributed by atoms with van der Waals surface area (Å²) >= 11 is 2.05. The zero-order valence-corrected chi connectivity index (χ0v) is 13.8. The fourth-order valence-corrected chi connectivity index (χ4v) is 2.81. The molecule has 0 bridgehead atoms. The fourth-order valence-electron chi connectivity index (χ4n) is 2.20. The number of anilines is 1. The van der Waals surface area contributed by atoms with Gasteiger partial charge >= 0.3 is 5.97 Å². The maximum Gasteiger partial charge on any atom is 0.366 e. The minimum atomic E-state index is -0.586. The number of benzene rings is 2.